The minimum atomic E-state index is -0.516. The van der Waals surface area contributed by atoms with E-state index >= 15 is 0 Å². The fraction of sp³-hybridized carbons (Fsp3) is 0.381. The first-order valence-electron chi connectivity index (χ1n) is 9.31. The second kappa shape index (κ2) is 11.6. The van der Waals surface area contributed by atoms with Gasteiger partial charge in [0.25, 0.3) is 0 Å². The maximum absolute atomic E-state index is 11.9. The number of carbonyl (C=O) groups is 1. The normalized spacial score (nSPS) is 10.1. The zero-order chi connectivity index (χ0) is 19.3. The van der Waals surface area contributed by atoms with E-state index in [1.165, 1.54) is 37.3 Å². The highest BCUT2D eigenvalue weighted by Gasteiger charge is 2.07. The van der Waals surface area contributed by atoms with Gasteiger partial charge in [-0.05, 0) is 43.2 Å². The molecule has 6 heteroatoms. The molecule has 0 spiro atoms. The molecule has 0 radical (unpaired) electrons. The van der Waals surface area contributed by atoms with Crippen LogP contribution in [0.1, 0.15) is 38.2 Å². The van der Waals surface area contributed by atoms with Crippen molar-refractivity contribution in [3.8, 4) is 0 Å². The Morgan fingerprint density at radius 2 is 2.00 bits per heavy atom. The van der Waals surface area contributed by atoms with Crippen molar-refractivity contribution in [1.82, 2.24) is 0 Å². The lowest BCUT2D eigenvalue weighted by molar-refractivity contribution is -0.698. The Hall–Kier alpha value is -2.98. The number of nitrogens with zero attached hydrogens (tertiary/aromatic N) is 2. The first kappa shape index (κ1) is 20.3. The summed E-state index contributed by atoms with van der Waals surface area (Å²) in [5, 5.41) is 2.64. The van der Waals surface area contributed by atoms with Crippen molar-refractivity contribution in [2.75, 3.05) is 11.9 Å². The minimum Gasteiger partial charge on any atom is -0.443 e. The molecule has 1 aromatic carbocycles. The van der Waals surface area contributed by atoms with Crippen molar-refractivity contribution < 1.29 is 18.9 Å². The number of aliphatic imine (C=N–C) groups is 1. The molecular weight excluding hydrogens is 342 g/mol. The quantitative estimate of drug-likeness (QED) is 0.294. The van der Waals surface area contributed by atoms with Gasteiger partial charge < -0.3 is 4.74 Å². The summed E-state index contributed by atoms with van der Waals surface area (Å²) in [5.74, 6) is 0. The molecule has 0 atom stereocenters. The van der Waals surface area contributed by atoms with E-state index in [9.17, 15) is 9.59 Å². The summed E-state index contributed by atoms with van der Waals surface area (Å²) in [6.07, 6.45) is 11.1. The molecule has 2 aromatic rings. The number of anilines is 1. The zero-order valence-electron chi connectivity index (χ0n) is 15.7. The van der Waals surface area contributed by atoms with Crippen LogP contribution in [0.25, 0.3) is 0 Å². The average Bonchev–Trinajstić information content (AvgIpc) is 2.67. The molecule has 0 fully saturated rings. The number of rotatable bonds is 10. The van der Waals surface area contributed by atoms with Gasteiger partial charge in [0.2, 0.25) is 6.08 Å². The molecule has 0 aliphatic rings. The number of hydrogen-bond acceptors (Lipinski definition) is 4. The summed E-state index contributed by atoms with van der Waals surface area (Å²) in [7, 11) is 0. The van der Waals surface area contributed by atoms with Gasteiger partial charge >= 0.3 is 6.09 Å². The van der Waals surface area contributed by atoms with E-state index in [0.717, 1.165) is 6.42 Å². The van der Waals surface area contributed by atoms with Crippen LogP contribution in [-0.4, -0.2) is 18.8 Å². The van der Waals surface area contributed by atoms with Gasteiger partial charge in [-0.2, -0.15) is 4.99 Å². The highest BCUT2D eigenvalue weighted by atomic mass is 16.5. The Morgan fingerprint density at radius 1 is 1.19 bits per heavy atom. The fourth-order valence-corrected chi connectivity index (χ4v) is 2.69. The molecule has 142 valence electrons. The van der Waals surface area contributed by atoms with Gasteiger partial charge in [-0.25, -0.2) is 14.2 Å². The van der Waals surface area contributed by atoms with Crippen LogP contribution in [0.5, 0.6) is 0 Å². The Kier molecular flexibility index (Phi) is 8.74. The van der Waals surface area contributed by atoms with Crippen LogP contribution in [0.15, 0.2) is 53.8 Å². The first-order chi connectivity index (χ1) is 13.2. The third kappa shape index (κ3) is 7.84. The highest BCUT2D eigenvalue weighted by molar-refractivity contribution is 5.84. The molecule has 0 unspecified atom stereocenters. The van der Waals surface area contributed by atoms with Crippen LogP contribution >= 0.6 is 0 Å². The molecule has 6 nitrogen and oxygen atoms in total. The molecule has 27 heavy (non-hydrogen) atoms. The summed E-state index contributed by atoms with van der Waals surface area (Å²) < 4.78 is 7.26. The van der Waals surface area contributed by atoms with Crippen LogP contribution in [0.3, 0.4) is 0 Å². The maximum Gasteiger partial charge on any atom is 0.411 e. The van der Waals surface area contributed by atoms with E-state index in [1.807, 2.05) is 16.8 Å². The Bertz CT molecular complexity index is 768. The number of carbonyl (C=O) groups excluding carboxylic acids is 2. The smallest absolute Gasteiger partial charge is 0.411 e. The molecule has 2 rings (SSSR count). The molecule has 1 amide bonds. The van der Waals surface area contributed by atoms with Gasteiger partial charge in [0.1, 0.15) is 0 Å². The van der Waals surface area contributed by atoms with Gasteiger partial charge in [-0.3, -0.25) is 5.32 Å². The summed E-state index contributed by atoms with van der Waals surface area (Å²) in [6.45, 7) is 3.09. The molecule has 0 aliphatic heterocycles. The summed E-state index contributed by atoms with van der Waals surface area (Å²) in [4.78, 5) is 25.5. The fourth-order valence-electron chi connectivity index (χ4n) is 2.69. The van der Waals surface area contributed by atoms with E-state index in [4.69, 9.17) is 4.74 Å². The van der Waals surface area contributed by atoms with E-state index < -0.39 is 6.09 Å². The van der Waals surface area contributed by atoms with Crippen LogP contribution in [0.2, 0.25) is 0 Å². The molecule has 0 saturated heterocycles. The summed E-state index contributed by atoms with van der Waals surface area (Å²) >= 11 is 0. The van der Waals surface area contributed by atoms with Crippen molar-refractivity contribution >= 4 is 23.5 Å². The number of aryl methyl sites for hydroxylation is 1. The molecule has 1 aromatic heterocycles. The van der Waals surface area contributed by atoms with Crippen LogP contribution in [0, 0.1) is 0 Å². The maximum atomic E-state index is 11.9. The molecule has 0 aliphatic carbocycles. The summed E-state index contributed by atoms with van der Waals surface area (Å²) in [5.41, 5.74) is 2.36. The van der Waals surface area contributed by atoms with E-state index in [0.29, 0.717) is 17.9 Å². The average molecular weight is 368 g/mol. The molecule has 0 saturated carbocycles. The second-order valence-electron chi connectivity index (χ2n) is 6.27. The zero-order valence-corrected chi connectivity index (χ0v) is 15.7. The number of ether oxygens (including phenoxy) is 1. The topological polar surface area (TPSA) is 71.6 Å². The van der Waals surface area contributed by atoms with E-state index in [1.54, 1.807) is 24.3 Å². The van der Waals surface area contributed by atoms with Crippen LogP contribution in [-0.2, 0) is 22.5 Å². The predicted molar refractivity (Wildman–Crippen MR) is 104 cm³/mol. The van der Waals surface area contributed by atoms with Crippen molar-refractivity contribution in [3.05, 3.63) is 54.4 Å². The predicted octanol–water partition coefficient (Wildman–Crippen LogP) is 4.31. The number of pyridine rings is 1. The second-order valence-corrected chi connectivity index (χ2v) is 6.27. The lowest BCUT2D eigenvalue weighted by atomic mass is 10.1. The van der Waals surface area contributed by atoms with Crippen LogP contribution < -0.4 is 9.88 Å². The molecule has 1 heterocycles. The lowest BCUT2D eigenvalue weighted by Gasteiger charge is -2.06. The van der Waals surface area contributed by atoms with Crippen molar-refractivity contribution in [2.45, 2.75) is 45.6 Å². The first-order valence-corrected chi connectivity index (χ1v) is 9.31. The standard InChI is InChI=1S/C21H25N3O3/c1-2-3-4-5-7-18-8-6-13-24(16-18)14-15-27-21(26)23-20-11-9-19(10-12-20)22-17-25/h6,8-13,16H,2-5,7,14-15H2,1H3/p+1. The largest absolute Gasteiger partial charge is 0.443 e. The molecule has 0 bridgehead atoms. The van der Waals surface area contributed by atoms with Crippen LogP contribution in [0.4, 0.5) is 16.2 Å². The number of aromatic nitrogens is 1. The van der Waals surface area contributed by atoms with E-state index in [2.05, 4.69) is 29.5 Å². The lowest BCUT2D eigenvalue weighted by Crippen LogP contribution is -2.36. The third-order valence-corrected chi connectivity index (χ3v) is 4.11. The Balaban J connectivity index is 1.73. The Labute approximate surface area is 159 Å². The SMILES string of the molecule is CCCCCCc1ccc[n+](CCOC(=O)Nc2ccc(N=C=O)cc2)c1. The van der Waals surface area contributed by atoms with E-state index in [-0.39, 0.29) is 6.61 Å². The monoisotopic (exact) mass is 368 g/mol. The number of hydrogen-bond donors (Lipinski definition) is 1. The van der Waals surface area contributed by atoms with Gasteiger partial charge in [0.05, 0.1) is 5.69 Å². The Morgan fingerprint density at radius 3 is 2.74 bits per heavy atom. The number of amides is 1. The molecule has 1 N–H and O–H groups in total. The number of unbranched alkanes of at least 4 members (excludes halogenated alkanes) is 3. The van der Waals surface area contributed by atoms with Gasteiger partial charge in [-0.1, -0.05) is 26.2 Å². The number of nitrogens with one attached hydrogen (secondary N) is 1. The van der Waals surface area contributed by atoms with Crippen molar-refractivity contribution in [2.24, 2.45) is 4.99 Å². The summed E-state index contributed by atoms with van der Waals surface area (Å²) in [6, 6.07) is 10.7. The highest BCUT2D eigenvalue weighted by Crippen LogP contribution is 2.15. The molecular formula is C21H26N3O3+. The minimum absolute atomic E-state index is 0.281. The van der Waals surface area contributed by atoms with Gasteiger partial charge in [0, 0.05) is 17.3 Å². The van der Waals surface area contributed by atoms with Gasteiger partial charge in [-0.15, -0.1) is 0 Å². The number of isocyanates is 1. The number of benzene rings is 1. The third-order valence-electron chi connectivity index (χ3n) is 4.11. The van der Waals surface area contributed by atoms with Gasteiger partial charge in [0.15, 0.2) is 25.5 Å². The van der Waals surface area contributed by atoms with Crippen molar-refractivity contribution in [1.29, 1.82) is 0 Å². The van der Waals surface area contributed by atoms with Crippen molar-refractivity contribution in [3.63, 3.8) is 0 Å².